The molecule has 28 heavy (non-hydrogen) atoms. The van der Waals surface area contributed by atoms with E-state index in [0.717, 1.165) is 22.8 Å². The van der Waals surface area contributed by atoms with E-state index >= 15 is 0 Å². The van der Waals surface area contributed by atoms with Crippen molar-refractivity contribution in [2.24, 2.45) is 0 Å². The highest BCUT2D eigenvalue weighted by atomic mass is 16.5. The zero-order chi connectivity index (χ0) is 19.3. The van der Waals surface area contributed by atoms with Crippen molar-refractivity contribution in [3.8, 4) is 11.3 Å². The van der Waals surface area contributed by atoms with Crippen molar-refractivity contribution in [2.75, 3.05) is 10.6 Å². The molecule has 0 saturated heterocycles. The maximum absolute atomic E-state index is 5.12. The average molecular weight is 371 g/mol. The largest absolute Gasteiger partial charge is 0.363 e. The van der Waals surface area contributed by atoms with Gasteiger partial charge in [0, 0.05) is 23.7 Å². The number of nitrogens with one attached hydrogen (secondary N) is 2. The SMILES string of the molecule is Cc1cc(Nc2nc(NC(C)c3ccccc3)cc(-c3ccccc3)n2)no1. The summed E-state index contributed by atoms with van der Waals surface area (Å²) in [7, 11) is 0. The van der Waals surface area contributed by atoms with E-state index in [2.05, 4.69) is 44.8 Å². The van der Waals surface area contributed by atoms with Crippen molar-refractivity contribution in [3.63, 3.8) is 0 Å². The van der Waals surface area contributed by atoms with Crippen LogP contribution in [0.15, 0.2) is 77.3 Å². The van der Waals surface area contributed by atoms with Gasteiger partial charge in [0.25, 0.3) is 0 Å². The van der Waals surface area contributed by atoms with Crippen molar-refractivity contribution in [1.29, 1.82) is 0 Å². The number of hydrogen-bond acceptors (Lipinski definition) is 6. The second-order valence-electron chi connectivity index (χ2n) is 6.55. The molecular formula is C22H21N5O. The molecule has 0 aliphatic heterocycles. The van der Waals surface area contributed by atoms with Gasteiger partial charge in [0.1, 0.15) is 11.6 Å². The molecule has 140 valence electrons. The predicted molar refractivity (Wildman–Crippen MR) is 110 cm³/mol. The summed E-state index contributed by atoms with van der Waals surface area (Å²) in [5.74, 6) is 2.48. The monoisotopic (exact) mass is 371 g/mol. The second-order valence-corrected chi connectivity index (χ2v) is 6.55. The molecule has 2 aromatic carbocycles. The Morgan fingerprint density at radius 3 is 2.25 bits per heavy atom. The van der Waals surface area contributed by atoms with Crippen LogP contribution in [-0.4, -0.2) is 15.1 Å². The molecule has 0 bridgehead atoms. The smallest absolute Gasteiger partial charge is 0.231 e. The maximum atomic E-state index is 5.12. The number of nitrogens with zero attached hydrogens (tertiary/aromatic N) is 3. The van der Waals surface area contributed by atoms with Gasteiger partial charge in [0.15, 0.2) is 5.82 Å². The quantitative estimate of drug-likeness (QED) is 0.475. The summed E-state index contributed by atoms with van der Waals surface area (Å²) >= 11 is 0. The van der Waals surface area contributed by atoms with E-state index in [4.69, 9.17) is 4.52 Å². The van der Waals surface area contributed by atoms with E-state index < -0.39 is 0 Å². The first-order valence-corrected chi connectivity index (χ1v) is 9.14. The molecule has 0 radical (unpaired) electrons. The summed E-state index contributed by atoms with van der Waals surface area (Å²) in [5, 5.41) is 10.6. The lowest BCUT2D eigenvalue weighted by Crippen LogP contribution is -2.10. The molecule has 0 fully saturated rings. The van der Waals surface area contributed by atoms with E-state index in [1.165, 1.54) is 5.56 Å². The summed E-state index contributed by atoms with van der Waals surface area (Å²) in [6.07, 6.45) is 0. The highest BCUT2D eigenvalue weighted by molar-refractivity contribution is 5.65. The highest BCUT2D eigenvalue weighted by Crippen LogP contribution is 2.25. The van der Waals surface area contributed by atoms with Crippen LogP contribution in [0.3, 0.4) is 0 Å². The minimum atomic E-state index is 0.0990. The normalized spacial score (nSPS) is 11.8. The standard InChI is InChI=1S/C22H21N5O/c1-15-13-21(27-28-15)26-22-24-19(18-11-7-4-8-12-18)14-20(25-22)23-16(2)17-9-5-3-6-10-17/h3-14,16H,1-2H3,(H2,23,24,25,26,27). The van der Waals surface area contributed by atoms with Gasteiger partial charge in [0.05, 0.1) is 5.69 Å². The van der Waals surface area contributed by atoms with Gasteiger partial charge in [-0.15, -0.1) is 0 Å². The van der Waals surface area contributed by atoms with Crippen LogP contribution in [0.25, 0.3) is 11.3 Å². The van der Waals surface area contributed by atoms with Gasteiger partial charge in [-0.05, 0) is 19.4 Å². The van der Waals surface area contributed by atoms with Gasteiger partial charge >= 0.3 is 0 Å². The van der Waals surface area contributed by atoms with Gasteiger partial charge in [-0.25, -0.2) is 4.98 Å². The molecule has 0 aliphatic rings. The predicted octanol–water partition coefficient (Wildman–Crippen LogP) is 5.36. The molecule has 6 nitrogen and oxygen atoms in total. The van der Waals surface area contributed by atoms with Crippen LogP contribution in [-0.2, 0) is 0 Å². The molecule has 0 saturated carbocycles. The molecular weight excluding hydrogens is 350 g/mol. The second kappa shape index (κ2) is 7.92. The Balaban J connectivity index is 1.67. The third-order valence-electron chi connectivity index (χ3n) is 4.33. The van der Waals surface area contributed by atoms with E-state index in [1.807, 2.05) is 61.5 Å². The first-order valence-electron chi connectivity index (χ1n) is 9.14. The fourth-order valence-corrected chi connectivity index (χ4v) is 2.92. The van der Waals surface area contributed by atoms with Crippen LogP contribution in [0.4, 0.5) is 17.6 Å². The molecule has 6 heteroatoms. The third kappa shape index (κ3) is 4.17. The Bertz CT molecular complexity index is 1050. The third-order valence-corrected chi connectivity index (χ3v) is 4.33. The fourth-order valence-electron chi connectivity index (χ4n) is 2.92. The van der Waals surface area contributed by atoms with Gasteiger partial charge in [-0.3, -0.25) is 0 Å². The highest BCUT2D eigenvalue weighted by Gasteiger charge is 2.11. The zero-order valence-corrected chi connectivity index (χ0v) is 15.8. The summed E-state index contributed by atoms with van der Waals surface area (Å²) in [5.41, 5.74) is 3.02. The number of aryl methyl sites for hydroxylation is 1. The van der Waals surface area contributed by atoms with Crippen molar-refractivity contribution >= 4 is 17.6 Å². The van der Waals surface area contributed by atoms with Crippen LogP contribution in [0.2, 0.25) is 0 Å². The van der Waals surface area contributed by atoms with Gasteiger partial charge in [-0.2, -0.15) is 4.98 Å². The minimum Gasteiger partial charge on any atom is -0.363 e. The molecule has 2 heterocycles. The van der Waals surface area contributed by atoms with E-state index in [9.17, 15) is 0 Å². The summed E-state index contributed by atoms with van der Waals surface area (Å²) in [4.78, 5) is 9.26. The van der Waals surface area contributed by atoms with Crippen molar-refractivity contribution < 1.29 is 4.52 Å². The molecule has 0 aliphatic carbocycles. The fraction of sp³-hybridized carbons (Fsp3) is 0.136. The molecule has 1 unspecified atom stereocenters. The van der Waals surface area contributed by atoms with E-state index in [1.54, 1.807) is 6.07 Å². The Morgan fingerprint density at radius 2 is 1.57 bits per heavy atom. The number of aromatic nitrogens is 3. The molecule has 2 N–H and O–H groups in total. The van der Waals surface area contributed by atoms with Gasteiger partial charge < -0.3 is 15.2 Å². The van der Waals surface area contributed by atoms with Crippen molar-refractivity contribution in [1.82, 2.24) is 15.1 Å². The van der Waals surface area contributed by atoms with E-state index in [-0.39, 0.29) is 6.04 Å². The van der Waals surface area contributed by atoms with E-state index in [0.29, 0.717) is 11.8 Å². The topological polar surface area (TPSA) is 75.9 Å². The minimum absolute atomic E-state index is 0.0990. The average Bonchev–Trinajstić information content (AvgIpc) is 3.13. The maximum Gasteiger partial charge on any atom is 0.231 e. The lowest BCUT2D eigenvalue weighted by atomic mass is 10.1. The van der Waals surface area contributed by atoms with Crippen LogP contribution in [0, 0.1) is 6.92 Å². The van der Waals surface area contributed by atoms with Gasteiger partial charge in [0.2, 0.25) is 5.95 Å². The molecule has 0 amide bonds. The first kappa shape index (κ1) is 17.7. The van der Waals surface area contributed by atoms with Crippen LogP contribution >= 0.6 is 0 Å². The van der Waals surface area contributed by atoms with Crippen molar-refractivity contribution in [2.45, 2.75) is 19.9 Å². The van der Waals surface area contributed by atoms with Crippen LogP contribution in [0.1, 0.15) is 24.3 Å². The molecule has 2 aromatic heterocycles. The Morgan fingerprint density at radius 1 is 0.857 bits per heavy atom. The number of hydrogen-bond donors (Lipinski definition) is 2. The zero-order valence-electron chi connectivity index (χ0n) is 15.8. The van der Waals surface area contributed by atoms with Crippen LogP contribution in [0.5, 0.6) is 0 Å². The lowest BCUT2D eigenvalue weighted by Gasteiger charge is -2.16. The Kier molecular flexibility index (Phi) is 5.01. The van der Waals surface area contributed by atoms with Crippen molar-refractivity contribution in [3.05, 3.63) is 84.1 Å². The summed E-state index contributed by atoms with van der Waals surface area (Å²) in [6, 6.07) is 24.1. The molecule has 1 atom stereocenters. The Hall–Kier alpha value is -3.67. The van der Waals surface area contributed by atoms with Gasteiger partial charge in [-0.1, -0.05) is 65.8 Å². The summed E-state index contributed by atoms with van der Waals surface area (Å²) < 4.78 is 5.12. The number of benzene rings is 2. The number of rotatable bonds is 6. The lowest BCUT2D eigenvalue weighted by molar-refractivity contribution is 0.400. The molecule has 0 spiro atoms. The molecule has 4 rings (SSSR count). The van der Waals surface area contributed by atoms with Crippen LogP contribution < -0.4 is 10.6 Å². The first-order chi connectivity index (χ1) is 13.7. The molecule has 4 aromatic rings. The summed E-state index contributed by atoms with van der Waals surface area (Å²) in [6.45, 7) is 3.95. The number of anilines is 3. The Labute approximate surface area is 163 Å².